The van der Waals surface area contributed by atoms with E-state index in [1.807, 2.05) is 0 Å². The summed E-state index contributed by atoms with van der Waals surface area (Å²) in [5, 5.41) is 3.38. The number of benzene rings is 1. The molecule has 0 saturated carbocycles. The van der Waals surface area contributed by atoms with Crippen molar-refractivity contribution in [1.29, 1.82) is 0 Å². The van der Waals surface area contributed by atoms with Gasteiger partial charge in [-0.1, -0.05) is 53.7 Å². The number of likely N-dealkylation sites (N-methyl/N-ethyl adjacent to an activating group) is 1. The lowest BCUT2D eigenvalue weighted by atomic mass is 9.86. The second kappa shape index (κ2) is 7.12. The predicted molar refractivity (Wildman–Crippen MR) is 87.7 cm³/mol. The molecule has 1 N–H and O–H groups in total. The summed E-state index contributed by atoms with van der Waals surface area (Å²) in [4.78, 5) is 0. The molecule has 0 aliphatic rings. The van der Waals surface area contributed by atoms with Crippen LogP contribution in [0.3, 0.4) is 0 Å². The van der Waals surface area contributed by atoms with Gasteiger partial charge in [0.05, 0.1) is 0 Å². The minimum absolute atomic E-state index is 0.185. The number of nitrogens with one attached hydrogen (secondary N) is 1. The van der Waals surface area contributed by atoms with Gasteiger partial charge in [0.1, 0.15) is 11.9 Å². The van der Waals surface area contributed by atoms with Gasteiger partial charge in [0.15, 0.2) is 0 Å². The number of hydrogen-bond acceptors (Lipinski definition) is 2. The Balaban J connectivity index is 2.86. The molecule has 0 heterocycles. The Labute approximate surface area is 124 Å². The molecule has 0 aliphatic heterocycles. The van der Waals surface area contributed by atoms with E-state index < -0.39 is 0 Å². The number of ether oxygens (including phenoxy) is 1. The highest BCUT2D eigenvalue weighted by molar-refractivity contribution is 5.38. The molecule has 0 spiro atoms. The standard InChI is InChI=1S/C18H31NO/c1-8-19-12-17(13(2)3)20-16-10-9-15(11-14(16)4)18(5,6)7/h9-11,13,17,19H,8,12H2,1-7H3. The molecule has 0 bridgehead atoms. The summed E-state index contributed by atoms with van der Waals surface area (Å²) in [5.74, 6) is 1.50. The fourth-order valence-corrected chi connectivity index (χ4v) is 2.11. The highest BCUT2D eigenvalue weighted by atomic mass is 16.5. The molecule has 1 aromatic rings. The number of aryl methyl sites for hydroxylation is 1. The normalized spacial score (nSPS) is 13.6. The molecule has 0 fully saturated rings. The monoisotopic (exact) mass is 277 g/mol. The van der Waals surface area contributed by atoms with E-state index in [4.69, 9.17) is 4.74 Å². The third-order valence-electron chi connectivity index (χ3n) is 3.66. The average Bonchev–Trinajstić information content (AvgIpc) is 2.34. The molecular weight excluding hydrogens is 246 g/mol. The van der Waals surface area contributed by atoms with Crippen molar-refractivity contribution in [3.8, 4) is 5.75 Å². The van der Waals surface area contributed by atoms with Gasteiger partial charge < -0.3 is 10.1 Å². The Bertz CT molecular complexity index is 418. The van der Waals surface area contributed by atoms with E-state index in [9.17, 15) is 0 Å². The van der Waals surface area contributed by atoms with Gasteiger partial charge in [0.25, 0.3) is 0 Å². The molecule has 20 heavy (non-hydrogen) atoms. The molecule has 114 valence electrons. The van der Waals surface area contributed by atoms with Crippen LogP contribution in [0.25, 0.3) is 0 Å². The van der Waals surface area contributed by atoms with Crippen LogP contribution in [0.4, 0.5) is 0 Å². The molecule has 0 aromatic heterocycles. The van der Waals surface area contributed by atoms with E-state index in [1.54, 1.807) is 0 Å². The number of rotatable bonds is 6. The van der Waals surface area contributed by atoms with Crippen molar-refractivity contribution in [2.75, 3.05) is 13.1 Å². The van der Waals surface area contributed by atoms with E-state index in [0.29, 0.717) is 5.92 Å². The molecule has 0 amide bonds. The van der Waals surface area contributed by atoms with Crippen molar-refractivity contribution in [2.45, 2.75) is 60.0 Å². The topological polar surface area (TPSA) is 21.3 Å². The summed E-state index contributed by atoms with van der Waals surface area (Å²) in [5.41, 5.74) is 2.76. The fraction of sp³-hybridized carbons (Fsp3) is 0.667. The highest BCUT2D eigenvalue weighted by Crippen LogP contribution is 2.28. The molecule has 1 rings (SSSR count). The average molecular weight is 277 g/mol. The molecule has 0 saturated heterocycles. The van der Waals surface area contributed by atoms with Crippen LogP contribution in [0, 0.1) is 12.8 Å². The molecular formula is C18H31NO. The molecule has 1 aromatic carbocycles. The lowest BCUT2D eigenvalue weighted by Gasteiger charge is -2.25. The first kappa shape index (κ1) is 17.0. The maximum absolute atomic E-state index is 6.21. The molecule has 0 radical (unpaired) electrons. The zero-order valence-corrected chi connectivity index (χ0v) is 14.2. The van der Waals surface area contributed by atoms with Gasteiger partial charge in [-0.15, -0.1) is 0 Å². The minimum atomic E-state index is 0.185. The zero-order chi connectivity index (χ0) is 15.3. The first-order chi connectivity index (χ1) is 9.25. The van der Waals surface area contributed by atoms with Crippen LogP contribution in [-0.2, 0) is 5.41 Å². The molecule has 1 atom stereocenters. The van der Waals surface area contributed by atoms with Crippen LogP contribution in [0.1, 0.15) is 52.7 Å². The third-order valence-corrected chi connectivity index (χ3v) is 3.66. The highest BCUT2D eigenvalue weighted by Gasteiger charge is 2.18. The van der Waals surface area contributed by atoms with Gasteiger partial charge in [-0.2, -0.15) is 0 Å². The van der Waals surface area contributed by atoms with Gasteiger partial charge in [0, 0.05) is 6.54 Å². The Kier molecular flexibility index (Phi) is 6.07. The van der Waals surface area contributed by atoms with Crippen LogP contribution in [0.5, 0.6) is 5.75 Å². The molecule has 0 aliphatic carbocycles. The summed E-state index contributed by atoms with van der Waals surface area (Å²) in [6.45, 7) is 17.3. The van der Waals surface area contributed by atoms with E-state index in [2.05, 4.69) is 72.0 Å². The molecule has 2 nitrogen and oxygen atoms in total. The van der Waals surface area contributed by atoms with Crippen molar-refractivity contribution >= 4 is 0 Å². The second-order valence-electron chi connectivity index (χ2n) is 6.94. The van der Waals surface area contributed by atoms with E-state index in [-0.39, 0.29) is 11.5 Å². The van der Waals surface area contributed by atoms with Crippen molar-refractivity contribution in [2.24, 2.45) is 5.92 Å². The minimum Gasteiger partial charge on any atom is -0.489 e. The van der Waals surface area contributed by atoms with Gasteiger partial charge in [-0.3, -0.25) is 0 Å². The summed E-state index contributed by atoms with van der Waals surface area (Å²) >= 11 is 0. The maximum Gasteiger partial charge on any atom is 0.122 e. The van der Waals surface area contributed by atoms with Gasteiger partial charge in [0.2, 0.25) is 0 Å². The van der Waals surface area contributed by atoms with Crippen molar-refractivity contribution in [1.82, 2.24) is 5.32 Å². The number of hydrogen-bond donors (Lipinski definition) is 1. The first-order valence-electron chi connectivity index (χ1n) is 7.74. The smallest absolute Gasteiger partial charge is 0.122 e. The van der Waals surface area contributed by atoms with E-state index >= 15 is 0 Å². The molecule has 1 unspecified atom stereocenters. The van der Waals surface area contributed by atoms with Gasteiger partial charge in [-0.25, -0.2) is 0 Å². The fourth-order valence-electron chi connectivity index (χ4n) is 2.11. The Morgan fingerprint density at radius 3 is 2.30 bits per heavy atom. The van der Waals surface area contributed by atoms with Crippen molar-refractivity contribution in [3.63, 3.8) is 0 Å². The second-order valence-corrected chi connectivity index (χ2v) is 6.94. The quantitative estimate of drug-likeness (QED) is 0.837. The maximum atomic E-state index is 6.21. The Morgan fingerprint density at radius 2 is 1.85 bits per heavy atom. The van der Waals surface area contributed by atoms with Gasteiger partial charge >= 0.3 is 0 Å². The summed E-state index contributed by atoms with van der Waals surface area (Å²) in [6, 6.07) is 6.56. The lowest BCUT2D eigenvalue weighted by Crippen LogP contribution is -2.35. The van der Waals surface area contributed by atoms with Gasteiger partial charge in [-0.05, 0) is 42.0 Å². The first-order valence-corrected chi connectivity index (χ1v) is 7.74. The summed E-state index contributed by atoms with van der Waals surface area (Å²) in [6.07, 6.45) is 0.217. The van der Waals surface area contributed by atoms with Crippen LogP contribution < -0.4 is 10.1 Å². The third kappa shape index (κ3) is 4.82. The van der Waals surface area contributed by atoms with E-state index in [1.165, 1.54) is 11.1 Å². The lowest BCUT2D eigenvalue weighted by molar-refractivity contribution is 0.148. The SMILES string of the molecule is CCNCC(Oc1ccc(C(C)(C)C)cc1C)C(C)C. The molecule has 2 heteroatoms. The summed E-state index contributed by atoms with van der Waals surface area (Å²) in [7, 11) is 0. The summed E-state index contributed by atoms with van der Waals surface area (Å²) < 4.78 is 6.21. The largest absolute Gasteiger partial charge is 0.489 e. The van der Waals surface area contributed by atoms with Crippen LogP contribution >= 0.6 is 0 Å². The predicted octanol–water partition coefficient (Wildman–Crippen LogP) is 4.31. The van der Waals surface area contributed by atoms with Crippen molar-refractivity contribution < 1.29 is 4.74 Å². The van der Waals surface area contributed by atoms with Crippen LogP contribution in [-0.4, -0.2) is 19.2 Å². The van der Waals surface area contributed by atoms with E-state index in [0.717, 1.165) is 18.8 Å². The zero-order valence-electron chi connectivity index (χ0n) is 14.2. The van der Waals surface area contributed by atoms with Crippen molar-refractivity contribution in [3.05, 3.63) is 29.3 Å². The Morgan fingerprint density at radius 1 is 1.20 bits per heavy atom. The van der Waals surface area contributed by atoms with Crippen LogP contribution in [0.15, 0.2) is 18.2 Å². The van der Waals surface area contributed by atoms with Crippen LogP contribution in [0.2, 0.25) is 0 Å². The Hall–Kier alpha value is -1.02.